The highest BCUT2D eigenvalue weighted by atomic mass is 14.4. The summed E-state index contributed by atoms with van der Waals surface area (Å²) in [6, 6.07) is 0. The summed E-state index contributed by atoms with van der Waals surface area (Å²) in [5.74, 6) is 0.886. The predicted molar refractivity (Wildman–Crippen MR) is 43.7 cm³/mol. The van der Waals surface area contributed by atoms with Gasteiger partial charge in [-0.3, -0.25) is 0 Å². The van der Waals surface area contributed by atoms with E-state index in [1.165, 1.54) is 24.8 Å². The van der Waals surface area contributed by atoms with Crippen LogP contribution in [-0.4, -0.2) is 0 Å². The van der Waals surface area contributed by atoms with E-state index in [0.29, 0.717) is 5.41 Å². The first-order valence-electron chi connectivity index (χ1n) is 4.08. The van der Waals surface area contributed by atoms with E-state index in [0.717, 1.165) is 5.92 Å². The number of fused-ring (bicyclic) bond motifs is 2. The van der Waals surface area contributed by atoms with Gasteiger partial charge in [0.15, 0.2) is 0 Å². The molecular weight excluding hydrogens is 120 g/mol. The number of allylic oxidation sites excluding steroid dienone is 3. The minimum atomic E-state index is 0.435. The average molecular weight is 134 g/mol. The Hall–Kier alpha value is -0.520. The van der Waals surface area contributed by atoms with Crippen LogP contribution in [0, 0.1) is 11.3 Å². The highest BCUT2D eigenvalue weighted by Gasteiger charge is 2.40. The molecule has 1 fully saturated rings. The maximum atomic E-state index is 4.06. The lowest BCUT2D eigenvalue weighted by molar-refractivity contribution is 0.489. The Balaban J connectivity index is 2.32. The first kappa shape index (κ1) is 6.21. The van der Waals surface area contributed by atoms with E-state index < -0.39 is 0 Å². The van der Waals surface area contributed by atoms with Crippen LogP contribution in [0.1, 0.15) is 26.2 Å². The van der Waals surface area contributed by atoms with Crippen LogP contribution in [0.25, 0.3) is 0 Å². The summed E-state index contributed by atoms with van der Waals surface area (Å²) in [5, 5.41) is 0. The van der Waals surface area contributed by atoms with Crippen LogP contribution in [0.4, 0.5) is 0 Å². The van der Waals surface area contributed by atoms with Crippen molar-refractivity contribution in [2.75, 3.05) is 0 Å². The molecule has 10 heavy (non-hydrogen) atoms. The molecule has 2 aliphatic rings. The Morgan fingerprint density at radius 2 is 2.50 bits per heavy atom. The molecule has 0 N–H and O–H groups in total. The number of hydrogen-bond donors (Lipinski definition) is 0. The fourth-order valence-corrected chi connectivity index (χ4v) is 2.28. The fourth-order valence-electron chi connectivity index (χ4n) is 2.28. The van der Waals surface area contributed by atoms with Crippen molar-refractivity contribution in [3.05, 3.63) is 24.3 Å². The van der Waals surface area contributed by atoms with Gasteiger partial charge in [0, 0.05) is 5.41 Å². The van der Waals surface area contributed by atoms with Crippen molar-refractivity contribution >= 4 is 0 Å². The monoisotopic (exact) mass is 134 g/mol. The second-order valence-electron chi connectivity index (χ2n) is 3.80. The lowest BCUT2D eigenvalue weighted by Crippen LogP contribution is -2.11. The van der Waals surface area contributed by atoms with Crippen molar-refractivity contribution in [2.45, 2.75) is 26.2 Å². The van der Waals surface area contributed by atoms with E-state index in [1.807, 2.05) is 0 Å². The molecule has 0 amide bonds. The molecule has 0 aromatic carbocycles. The Kier molecular flexibility index (Phi) is 1.08. The first-order valence-corrected chi connectivity index (χ1v) is 4.08. The van der Waals surface area contributed by atoms with E-state index >= 15 is 0 Å². The third-order valence-electron chi connectivity index (χ3n) is 3.13. The SMILES string of the molecule is C=C(C)C12C=CC(CC1)C2. The first-order chi connectivity index (χ1) is 4.73. The summed E-state index contributed by atoms with van der Waals surface area (Å²) in [4.78, 5) is 0. The summed E-state index contributed by atoms with van der Waals surface area (Å²) in [5.41, 5.74) is 1.80. The summed E-state index contributed by atoms with van der Waals surface area (Å²) in [6.07, 6.45) is 8.84. The van der Waals surface area contributed by atoms with Gasteiger partial charge in [-0.1, -0.05) is 24.3 Å². The molecule has 54 valence electrons. The maximum Gasteiger partial charge on any atom is 0.00912 e. The van der Waals surface area contributed by atoms with Crippen molar-refractivity contribution in [1.82, 2.24) is 0 Å². The second-order valence-corrected chi connectivity index (χ2v) is 3.80. The Morgan fingerprint density at radius 1 is 1.70 bits per heavy atom. The maximum absolute atomic E-state index is 4.06. The summed E-state index contributed by atoms with van der Waals surface area (Å²) < 4.78 is 0. The molecule has 0 heteroatoms. The molecule has 2 bridgehead atoms. The largest absolute Gasteiger partial charge is 0.0993 e. The molecule has 2 aliphatic carbocycles. The van der Waals surface area contributed by atoms with Gasteiger partial charge >= 0.3 is 0 Å². The second kappa shape index (κ2) is 1.75. The highest BCUT2D eigenvalue weighted by Crippen LogP contribution is 2.52. The van der Waals surface area contributed by atoms with Crippen molar-refractivity contribution < 1.29 is 0 Å². The molecule has 0 saturated heterocycles. The van der Waals surface area contributed by atoms with Gasteiger partial charge in [0.1, 0.15) is 0 Å². The molecule has 1 saturated carbocycles. The number of rotatable bonds is 1. The fraction of sp³-hybridized carbons (Fsp3) is 0.600. The standard InChI is InChI=1S/C10H14/c1-8(2)10-5-3-9(7-10)4-6-10/h3,5,9H,1,4,6-7H2,2H3. The molecule has 0 aromatic rings. The normalized spacial score (nSPS) is 42.7. The predicted octanol–water partition coefficient (Wildman–Crippen LogP) is 2.92. The van der Waals surface area contributed by atoms with Gasteiger partial charge in [-0.15, -0.1) is 0 Å². The highest BCUT2D eigenvalue weighted by molar-refractivity contribution is 5.27. The molecule has 0 aliphatic heterocycles. The summed E-state index contributed by atoms with van der Waals surface area (Å²) in [6.45, 7) is 6.22. The molecule has 2 rings (SSSR count). The van der Waals surface area contributed by atoms with Crippen LogP contribution in [-0.2, 0) is 0 Å². The van der Waals surface area contributed by atoms with Crippen LogP contribution in [0.15, 0.2) is 24.3 Å². The van der Waals surface area contributed by atoms with Crippen LogP contribution < -0.4 is 0 Å². The molecule has 2 unspecified atom stereocenters. The van der Waals surface area contributed by atoms with Crippen molar-refractivity contribution in [2.24, 2.45) is 11.3 Å². The zero-order chi connectivity index (χ0) is 7.19. The third-order valence-corrected chi connectivity index (χ3v) is 3.13. The topological polar surface area (TPSA) is 0 Å². The lowest BCUT2D eigenvalue weighted by Gasteiger charge is -2.23. The molecule has 0 radical (unpaired) electrons. The van der Waals surface area contributed by atoms with Crippen LogP contribution in [0.5, 0.6) is 0 Å². The quantitative estimate of drug-likeness (QED) is 0.484. The molecule has 0 nitrogen and oxygen atoms in total. The van der Waals surface area contributed by atoms with E-state index in [-0.39, 0.29) is 0 Å². The van der Waals surface area contributed by atoms with Crippen molar-refractivity contribution in [1.29, 1.82) is 0 Å². The lowest BCUT2D eigenvalue weighted by atomic mass is 9.81. The average Bonchev–Trinajstić information content (AvgIpc) is 2.45. The van der Waals surface area contributed by atoms with Gasteiger partial charge in [-0.2, -0.15) is 0 Å². The van der Waals surface area contributed by atoms with Crippen LogP contribution in [0.3, 0.4) is 0 Å². The van der Waals surface area contributed by atoms with Gasteiger partial charge in [0.25, 0.3) is 0 Å². The van der Waals surface area contributed by atoms with E-state index in [1.54, 1.807) is 0 Å². The molecule has 0 spiro atoms. The van der Waals surface area contributed by atoms with E-state index in [9.17, 15) is 0 Å². The van der Waals surface area contributed by atoms with Gasteiger partial charge in [0.2, 0.25) is 0 Å². The summed E-state index contributed by atoms with van der Waals surface area (Å²) >= 11 is 0. The van der Waals surface area contributed by atoms with Gasteiger partial charge in [-0.25, -0.2) is 0 Å². The zero-order valence-electron chi connectivity index (χ0n) is 6.56. The molecule has 2 atom stereocenters. The van der Waals surface area contributed by atoms with Gasteiger partial charge in [-0.05, 0) is 32.1 Å². The van der Waals surface area contributed by atoms with E-state index in [2.05, 4.69) is 25.7 Å². The Labute approximate surface area is 62.6 Å². The van der Waals surface area contributed by atoms with Crippen molar-refractivity contribution in [3.8, 4) is 0 Å². The van der Waals surface area contributed by atoms with Crippen LogP contribution in [0.2, 0.25) is 0 Å². The third kappa shape index (κ3) is 0.622. The van der Waals surface area contributed by atoms with Crippen LogP contribution >= 0.6 is 0 Å². The molecule has 0 heterocycles. The molecular formula is C10H14. The van der Waals surface area contributed by atoms with Gasteiger partial charge in [0.05, 0.1) is 0 Å². The minimum Gasteiger partial charge on any atom is -0.0993 e. The number of hydrogen-bond acceptors (Lipinski definition) is 0. The smallest absolute Gasteiger partial charge is 0.00912 e. The van der Waals surface area contributed by atoms with Crippen molar-refractivity contribution in [3.63, 3.8) is 0 Å². The Morgan fingerprint density at radius 3 is 2.70 bits per heavy atom. The zero-order valence-corrected chi connectivity index (χ0v) is 6.56. The van der Waals surface area contributed by atoms with E-state index in [4.69, 9.17) is 0 Å². The van der Waals surface area contributed by atoms with Gasteiger partial charge < -0.3 is 0 Å². The minimum absolute atomic E-state index is 0.435. The molecule has 0 aromatic heterocycles. The summed E-state index contributed by atoms with van der Waals surface area (Å²) in [7, 11) is 0. The Bertz CT molecular complexity index is 200.